The van der Waals surface area contributed by atoms with E-state index in [1.165, 1.54) is 6.39 Å². The molecule has 5 rings (SSSR count). The number of nitrogens with zero attached hydrogens (tertiary/aromatic N) is 2. The number of fused-ring (bicyclic) bond motifs is 2. The number of aromatic amines is 1. The first kappa shape index (κ1) is 15.6. The molecular formula is C20H15N3O4. The molecule has 3 heterocycles. The lowest BCUT2D eigenvalue weighted by Gasteiger charge is -2.22. The average Bonchev–Trinajstić information content (AvgIpc) is 3.37. The van der Waals surface area contributed by atoms with Gasteiger partial charge in [-0.3, -0.25) is 9.78 Å². The minimum Gasteiger partial charge on any atom is -0.444 e. The molecule has 1 aliphatic heterocycles. The molecule has 1 amide bonds. The average molecular weight is 361 g/mol. The molecule has 134 valence electrons. The highest BCUT2D eigenvalue weighted by atomic mass is 16.4. The van der Waals surface area contributed by atoms with Gasteiger partial charge >= 0.3 is 5.76 Å². The summed E-state index contributed by atoms with van der Waals surface area (Å²) in [4.78, 5) is 32.6. The van der Waals surface area contributed by atoms with Gasteiger partial charge in [-0.1, -0.05) is 12.1 Å². The van der Waals surface area contributed by atoms with Crippen LogP contribution in [0, 0.1) is 0 Å². The Balaban J connectivity index is 1.47. The summed E-state index contributed by atoms with van der Waals surface area (Å²) in [6.45, 7) is 2.43. The highest BCUT2D eigenvalue weighted by Gasteiger charge is 2.34. The molecule has 0 bridgehead atoms. The first-order chi connectivity index (χ1) is 13.1. The van der Waals surface area contributed by atoms with Crippen LogP contribution in [0.5, 0.6) is 0 Å². The van der Waals surface area contributed by atoms with Gasteiger partial charge in [0.15, 0.2) is 17.7 Å². The number of nitrogens with one attached hydrogen (secondary N) is 1. The van der Waals surface area contributed by atoms with E-state index in [0.29, 0.717) is 29.0 Å². The van der Waals surface area contributed by atoms with Gasteiger partial charge in [-0.2, -0.15) is 0 Å². The largest absolute Gasteiger partial charge is 0.444 e. The van der Waals surface area contributed by atoms with Crippen LogP contribution in [0.3, 0.4) is 0 Å². The Morgan fingerprint density at radius 1 is 1.19 bits per heavy atom. The third-order valence-electron chi connectivity index (χ3n) is 5.02. The number of oxazole rings is 2. The summed E-state index contributed by atoms with van der Waals surface area (Å²) in [5.74, 6) is 0.168. The topological polar surface area (TPSA) is 92.3 Å². The Labute approximate surface area is 153 Å². The van der Waals surface area contributed by atoms with Crippen LogP contribution < -0.4 is 5.76 Å². The Bertz CT molecular complexity index is 1220. The third-order valence-corrected chi connectivity index (χ3v) is 5.02. The fraction of sp³-hybridized carbons (Fsp3) is 0.150. The summed E-state index contributed by atoms with van der Waals surface area (Å²) in [5, 5.41) is 0. The Kier molecular flexibility index (Phi) is 3.30. The van der Waals surface area contributed by atoms with E-state index >= 15 is 0 Å². The van der Waals surface area contributed by atoms with Crippen molar-refractivity contribution in [2.45, 2.75) is 19.5 Å². The first-order valence-corrected chi connectivity index (χ1v) is 8.56. The van der Waals surface area contributed by atoms with Crippen LogP contribution in [-0.2, 0) is 6.54 Å². The molecule has 1 atom stereocenters. The van der Waals surface area contributed by atoms with E-state index in [1.54, 1.807) is 23.2 Å². The molecule has 0 spiro atoms. The lowest BCUT2D eigenvalue weighted by molar-refractivity contribution is 0.0723. The van der Waals surface area contributed by atoms with Gasteiger partial charge in [0.2, 0.25) is 0 Å². The highest BCUT2D eigenvalue weighted by Crippen LogP contribution is 2.37. The van der Waals surface area contributed by atoms with E-state index in [0.717, 1.165) is 16.7 Å². The van der Waals surface area contributed by atoms with E-state index in [4.69, 9.17) is 8.83 Å². The summed E-state index contributed by atoms with van der Waals surface area (Å²) in [6, 6.07) is 11.1. The van der Waals surface area contributed by atoms with Crippen LogP contribution in [0.15, 0.2) is 62.6 Å². The quantitative estimate of drug-likeness (QED) is 0.603. The lowest BCUT2D eigenvalue weighted by Crippen LogP contribution is -2.26. The smallest absolute Gasteiger partial charge is 0.417 e. The van der Waals surface area contributed by atoms with Gasteiger partial charge in [-0.25, -0.2) is 9.78 Å². The fourth-order valence-corrected chi connectivity index (χ4v) is 3.61. The molecule has 7 nitrogen and oxygen atoms in total. The number of aromatic nitrogens is 2. The molecule has 0 aliphatic carbocycles. The molecule has 27 heavy (non-hydrogen) atoms. The van der Waals surface area contributed by atoms with Gasteiger partial charge < -0.3 is 13.7 Å². The molecule has 0 unspecified atom stereocenters. The molecule has 7 heteroatoms. The zero-order valence-corrected chi connectivity index (χ0v) is 14.4. The first-order valence-electron chi connectivity index (χ1n) is 8.56. The Morgan fingerprint density at radius 2 is 2.07 bits per heavy atom. The molecule has 0 saturated carbocycles. The highest BCUT2D eigenvalue weighted by molar-refractivity contribution is 5.99. The molecule has 2 aromatic carbocycles. The predicted octanol–water partition coefficient (Wildman–Crippen LogP) is 3.49. The Hall–Kier alpha value is -3.61. The van der Waals surface area contributed by atoms with Crippen molar-refractivity contribution in [3.8, 4) is 11.3 Å². The SMILES string of the molecule is C[C@H]1c2cc(-c3cnco3)ccc2C(=O)N1Cc1ccc2[nH]c(=O)oc2c1. The second-order valence-corrected chi connectivity index (χ2v) is 6.62. The molecule has 1 aliphatic rings. The second-order valence-electron chi connectivity index (χ2n) is 6.62. The number of amides is 1. The minimum absolute atomic E-state index is 0.0164. The van der Waals surface area contributed by atoms with Crippen molar-refractivity contribution in [1.82, 2.24) is 14.9 Å². The molecule has 1 N–H and O–H groups in total. The van der Waals surface area contributed by atoms with Crippen molar-refractivity contribution in [3.63, 3.8) is 0 Å². The fourth-order valence-electron chi connectivity index (χ4n) is 3.61. The predicted molar refractivity (Wildman–Crippen MR) is 97.1 cm³/mol. The van der Waals surface area contributed by atoms with Gasteiger partial charge in [-0.15, -0.1) is 0 Å². The van der Waals surface area contributed by atoms with Crippen molar-refractivity contribution in [2.24, 2.45) is 0 Å². The number of hydrogen-bond acceptors (Lipinski definition) is 5. The van der Waals surface area contributed by atoms with Crippen LogP contribution in [0.2, 0.25) is 0 Å². The van der Waals surface area contributed by atoms with Crippen molar-refractivity contribution in [3.05, 3.63) is 76.2 Å². The summed E-state index contributed by atoms with van der Waals surface area (Å²) < 4.78 is 10.5. The van der Waals surface area contributed by atoms with E-state index in [1.807, 2.05) is 31.2 Å². The zero-order chi connectivity index (χ0) is 18.5. The van der Waals surface area contributed by atoms with Crippen molar-refractivity contribution in [1.29, 1.82) is 0 Å². The minimum atomic E-state index is -0.486. The van der Waals surface area contributed by atoms with Crippen LogP contribution in [0.4, 0.5) is 0 Å². The van der Waals surface area contributed by atoms with E-state index in [2.05, 4.69) is 9.97 Å². The lowest BCUT2D eigenvalue weighted by atomic mass is 10.0. The molecule has 0 saturated heterocycles. The number of benzene rings is 2. The maximum atomic E-state index is 12.9. The maximum Gasteiger partial charge on any atom is 0.417 e. The summed E-state index contributed by atoms with van der Waals surface area (Å²) in [5.41, 5.74) is 4.58. The third kappa shape index (κ3) is 2.47. The summed E-state index contributed by atoms with van der Waals surface area (Å²) in [6.07, 6.45) is 3.04. The van der Waals surface area contributed by atoms with Crippen LogP contribution in [-0.4, -0.2) is 20.8 Å². The Morgan fingerprint density at radius 3 is 2.89 bits per heavy atom. The van der Waals surface area contributed by atoms with E-state index < -0.39 is 5.76 Å². The van der Waals surface area contributed by atoms with Crippen molar-refractivity contribution in [2.75, 3.05) is 0 Å². The standard InChI is InChI=1S/C20H15N3O4/c1-11-15-7-13(18-8-21-10-26-18)3-4-14(15)19(24)23(11)9-12-2-5-16-17(6-12)27-20(25)22-16/h2-8,10-11H,9H2,1H3,(H,22,25)/t11-/m0/s1. The molecule has 0 fully saturated rings. The zero-order valence-electron chi connectivity index (χ0n) is 14.4. The molecular weight excluding hydrogens is 346 g/mol. The monoisotopic (exact) mass is 361 g/mol. The van der Waals surface area contributed by atoms with E-state index in [9.17, 15) is 9.59 Å². The number of rotatable bonds is 3. The normalized spacial score (nSPS) is 16.3. The van der Waals surface area contributed by atoms with Gasteiger partial charge in [-0.05, 0) is 42.3 Å². The molecule has 0 radical (unpaired) electrons. The maximum absolute atomic E-state index is 12.9. The van der Waals surface area contributed by atoms with Crippen molar-refractivity contribution >= 4 is 17.0 Å². The number of carbonyl (C=O) groups is 1. The number of H-pyrrole nitrogens is 1. The van der Waals surface area contributed by atoms with Crippen LogP contribution in [0.25, 0.3) is 22.4 Å². The van der Waals surface area contributed by atoms with Crippen LogP contribution in [0.1, 0.15) is 34.5 Å². The van der Waals surface area contributed by atoms with Gasteiger partial charge in [0.25, 0.3) is 5.91 Å². The molecule has 4 aromatic rings. The van der Waals surface area contributed by atoms with Crippen molar-refractivity contribution < 1.29 is 13.6 Å². The van der Waals surface area contributed by atoms with Gasteiger partial charge in [0.1, 0.15) is 0 Å². The number of hydrogen-bond donors (Lipinski definition) is 1. The number of carbonyl (C=O) groups excluding carboxylic acids is 1. The molecule has 2 aromatic heterocycles. The van der Waals surface area contributed by atoms with E-state index in [-0.39, 0.29) is 11.9 Å². The van der Waals surface area contributed by atoms with Gasteiger partial charge in [0.05, 0.1) is 17.8 Å². The second kappa shape index (κ2) is 5.70. The summed E-state index contributed by atoms with van der Waals surface area (Å²) >= 11 is 0. The summed E-state index contributed by atoms with van der Waals surface area (Å²) in [7, 11) is 0. The van der Waals surface area contributed by atoms with Crippen LogP contribution >= 0.6 is 0 Å². The van der Waals surface area contributed by atoms with Gasteiger partial charge in [0, 0.05) is 17.7 Å².